The first kappa shape index (κ1) is 10.4. The van der Waals surface area contributed by atoms with Gasteiger partial charge in [0.05, 0.1) is 5.69 Å². The number of nitrogens with one attached hydrogen (secondary N) is 1. The molecular weight excluding hydrogens is 219 g/mol. The quantitative estimate of drug-likeness (QED) is 0.756. The molecule has 82 valence electrons. The summed E-state index contributed by atoms with van der Waals surface area (Å²) in [5.41, 5.74) is 5.38. The molecule has 1 aliphatic carbocycles. The highest BCUT2D eigenvalue weighted by Gasteiger charge is 2.28. The van der Waals surface area contributed by atoms with Gasteiger partial charge in [-0.25, -0.2) is 17.5 Å². The summed E-state index contributed by atoms with van der Waals surface area (Å²) >= 11 is 0. The minimum atomic E-state index is -3.59. The molecule has 1 fully saturated rings. The van der Waals surface area contributed by atoms with Crippen LogP contribution in [0.4, 0.5) is 10.1 Å². The second-order valence-electron chi connectivity index (χ2n) is 3.58. The Morgan fingerprint density at radius 1 is 1.40 bits per heavy atom. The molecule has 0 aromatic heterocycles. The zero-order chi connectivity index (χ0) is 11.1. The van der Waals surface area contributed by atoms with Crippen LogP contribution >= 0.6 is 0 Å². The van der Waals surface area contributed by atoms with Crippen LogP contribution in [0.25, 0.3) is 0 Å². The van der Waals surface area contributed by atoms with Gasteiger partial charge in [-0.05, 0) is 31.0 Å². The first-order chi connectivity index (χ1) is 6.99. The molecule has 0 atom stereocenters. The van der Waals surface area contributed by atoms with Crippen molar-refractivity contribution >= 4 is 15.7 Å². The summed E-state index contributed by atoms with van der Waals surface area (Å²) in [7, 11) is -3.59. The van der Waals surface area contributed by atoms with Crippen molar-refractivity contribution in [3.05, 3.63) is 24.0 Å². The molecule has 0 heterocycles. The van der Waals surface area contributed by atoms with Crippen LogP contribution < -0.4 is 10.5 Å². The van der Waals surface area contributed by atoms with Crippen molar-refractivity contribution in [3.63, 3.8) is 0 Å². The molecule has 1 saturated carbocycles. The van der Waals surface area contributed by atoms with E-state index >= 15 is 0 Å². The van der Waals surface area contributed by atoms with Crippen LogP contribution in [-0.4, -0.2) is 14.5 Å². The molecule has 1 aromatic carbocycles. The van der Waals surface area contributed by atoms with Gasteiger partial charge in [-0.3, -0.25) is 0 Å². The predicted octanol–water partition coefficient (Wildman–Crippen LogP) is 0.849. The number of benzene rings is 1. The number of rotatable bonds is 3. The third-order valence-electron chi connectivity index (χ3n) is 2.16. The zero-order valence-electron chi connectivity index (χ0n) is 7.90. The molecule has 1 aromatic rings. The summed E-state index contributed by atoms with van der Waals surface area (Å²) in [6.45, 7) is 0. The van der Waals surface area contributed by atoms with Crippen molar-refractivity contribution in [1.29, 1.82) is 0 Å². The number of anilines is 1. The molecule has 0 aliphatic heterocycles. The van der Waals surface area contributed by atoms with Crippen LogP contribution in [0.15, 0.2) is 23.1 Å². The number of hydrogen-bond donors (Lipinski definition) is 2. The molecule has 1 aliphatic rings. The summed E-state index contributed by atoms with van der Waals surface area (Å²) in [4.78, 5) is -0.0594. The first-order valence-corrected chi connectivity index (χ1v) is 6.05. The van der Waals surface area contributed by atoms with Crippen LogP contribution in [0, 0.1) is 5.82 Å². The molecule has 3 N–H and O–H groups in total. The number of sulfonamides is 1. The normalized spacial score (nSPS) is 16.6. The van der Waals surface area contributed by atoms with Gasteiger partial charge in [-0.15, -0.1) is 0 Å². The fraction of sp³-hybridized carbons (Fsp3) is 0.333. The lowest BCUT2D eigenvalue weighted by Gasteiger charge is -2.07. The van der Waals surface area contributed by atoms with Crippen LogP contribution in [0.2, 0.25) is 0 Å². The van der Waals surface area contributed by atoms with Gasteiger partial charge in [-0.1, -0.05) is 0 Å². The van der Waals surface area contributed by atoms with E-state index < -0.39 is 15.8 Å². The predicted molar refractivity (Wildman–Crippen MR) is 54.2 cm³/mol. The average molecular weight is 230 g/mol. The maximum atomic E-state index is 12.7. The monoisotopic (exact) mass is 230 g/mol. The van der Waals surface area contributed by atoms with Crippen LogP contribution in [0.5, 0.6) is 0 Å². The van der Waals surface area contributed by atoms with Gasteiger partial charge in [0.1, 0.15) is 10.7 Å². The van der Waals surface area contributed by atoms with Crippen molar-refractivity contribution in [1.82, 2.24) is 4.72 Å². The number of nitrogen functional groups attached to an aromatic ring is 1. The van der Waals surface area contributed by atoms with E-state index in [1.807, 2.05) is 0 Å². The highest BCUT2D eigenvalue weighted by Crippen LogP contribution is 2.24. The molecule has 0 bridgehead atoms. The van der Waals surface area contributed by atoms with E-state index in [1.54, 1.807) is 0 Å². The van der Waals surface area contributed by atoms with E-state index in [1.165, 1.54) is 6.07 Å². The summed E-state index contributed by atoms with van der Waals surface area (Å²) in [5, 5.41) is 0. The Morgan fingerprint density at radius 3 is 2.60 bits per heavy atom. The van der Waals surface area contributed by atoms with Gasteiger partial charge >= 0.3 is 0 Å². The molecule has 6 heteroatoms. The van der Waals surface area contributed by atoms with Crippen molar-refractivity contribution in [2.45, 2.75) is 23.8 Å². The maximum Gasteiger partial charge on any atom is 0.242 e. The lowest BCUT2D eigenvalue weighted by Crippen LogP contribution is -2.26. The van der Waals surface area contributed by atoms with Crippen molar-refractivity contribution in [2.75, 3.05) is 5.73 Å². The topological polar surface area (TPSA) is 72.2 Å². The Hall–Kier alpha value is -1.14. The van der Waals surface area contributed by atoms with E-state index in [2.05, 4.69) is 4.72 Å². The molecule has 0 amide bonds. The largest absolute Gasteiger partial charge is 0.398 e. The number of nitrogens with two attached hydrogens (primary N) is 1. The first-order valence-electron chi connectivity index (χ1n) is 4.56. The third kappa shape index (κ3) is 2.27. The van der Waals surface area contributed by atoms with Gasteiger partial charge in [0.15, 0.2) is 0 Å². The molecule has 15 heavy (non-hydrogen) atoms. The number of halogens is 1. The van der Waals surface area contributed by atoms with E-state index in [-0.39, 0.29) is 16.6 Å². The standard InChI is InChI=1S/C9H11FN2O2S/c10-6-1-4-9(8(11)5-6)15(13,14)12-7-2-3-7/h1,4-5,7,12H,2-3,11H2. The van der Waals surface area contributed by atoms with Gasteiger partial charge in [-0.2, -0.15) is 0 Å². The van der Waals surface area contributed by atoms with Crippen molar-refractivity contribution < 1.29 is 12.8 Å². The van der Waals surface area contributed by atoms with Gasteiger partial charge in [0, 0.05) is 6.04 Å². The third-order valence-corrected chi connectivity index (χ3v) is 3.75. The SMILES string of the molecule is Nc1cc(F)ccc1S(=O)(=O)NC1CC1. The van der Waals surface area contributed by atoms with Crippen molar-refractivity contribution in [2.24, 2.45) is 0 Å². The fourth-order valence-corrected chi connectivity index (χ4v) is 2.67. The highest BCUT2D eigenvalue weighted by molar-refractivity contribution is 7.89. The second kappa shape index (κ2) is 3.46. The van der Waals surface area contributed by atoms with Crippen molar-refractivity contribution in [3.8, 4) is 0 Å². The smallest absolute Gasteiger partial charge is 0.242 e. The van der Waals surface area contributed by atoms with Crippen LogP contribution in [0.1, 0.15) is 12.8 Å². The summed E-state index contributed by atoms with van der Waals surface area (Å²) < 4.78 is 38.6. The fourth-order valence-electron chi connectivity index (χ4n) is 1.25. The lowest BCUT2D eigenvalue weighted by atomic mass is 10.3. The minimum Gasteiger partial charge on any atom is -0.398 e. The molecule has 0 unspecified atom stereocenters. The zero-order valence-corrected chi connectivity index (χ0v) is 8.72. The molecule has 2 rings (SSSR count). The Bertz CT molecular complexity index is 483. The Kier molecular flexibility index (Phi) is 2.40. The number of hydrogen-bond acceptors (Lipinski definition) is 3. The van der Waals surface area contributed by atoms with Crippen LogP contribution in [-0.2, 0) is 10.0 Å². The second-order valence-corrected chi connectivity index (χ2v) is 5.26. The molecule has 0 radical (unpaired) electrons. The van der Waals surface area contributed by atoms with E-state index in [0.29, 0.717) is 0 Å². The molecule has 0 spiro atoms. The molecule has 0 saturated heterocycles. The van der Waals surface area contributed by atoms with E-state index in [0.717, 1.165) is 25.0 Å². The summed E-state index contributed by atoms with van der Waals surface area (Å²) in [5.74, 6) is -0.544. The van der Waals surface area contributed by atoms with Gasteiger partial charge < -0.3 is 5.73 Å². The summed E-state index contributed by atoms with van der Waals surface area (Å²) in [6.07, 6.45) is 1.70. The molecular formula is C9H11FN2O2S. The maximum absolute atomic E-state index is 12.7. The van der Waals surface area contributed by atoms with Gasteiger partial charge in [0.25, 0.3) is 0 Å². The minimum absolute atomic E-state index is 0.0134. The van der Waals surface area contributed by atoms with E-state index in [9.17, 15) is 12.8 Å². The Morgan fingerprint density at radius 2 is 2.07 bits per heavy atom. The van der Waals surface area contributed by atoms with Gasteiger partial charge in [0.2, 0.25) is 10.0 Å². The van der Waals surface area contributed by atoms with E-state index in [4.69, 9.17) is 5.73 Å². The summed E-state index contributed by atoms with van der Waals surface area (Å²) in [6, 6.07) is 3.27. The Labute approximate surface area is 87.3 Å². The molecule has 4 nitrogen and oxygen atoms in total. The average Bonchev–Trinajstić information content (AvgIpc) is 2.86. The lowest BCUT2D eigenvalue weighted by molar-refractivity contribution is 0.580. The highest BCUT2D eigenvalue weighted by atomic mass is 32.2. The van der Waals surface area contributed by atoms with Crippen LogP contribution in [0.3, 0.4) is 0 Å². The Balaban J connectivity index is 2.34.